The van der Waals surface area contributed by atoms with Gasteiger partial charge in [-0.25, -0.2) is 0 Å². The summed E-state index contributed by atoms with van der Waals surface area (Å²) in [5, 5.41) is 10.7. The first-order valence-electron chi connectivity index (χ1n) is 13.9. The minimum Gasteiger partial charge on any atom is -0.393 e. The molecule has 5 aliphatic carbocycles. The third kappa shape index (κ3) is 2.77. The standard InChI is InChI=1S/C30H52O/c1-20-21(31)9-10-22-27(20,5)12-11-23-28(22,6)16-18-30(8)24-19-25(2,3)13-14-26(24,4)15-17-29(23,30)7/h20-24,31H,9-19H2,1-8H3/t20-,21-,22-,23-,24-,26-,27-,28-,29+,30-/m1/s1. The van der Waals surface area contributed by atoms with Crippen molar-refractivity contribution in [2.75, 3.05) is 0 Å². The molecule has 5 aliphatic rings. The van der Waals surface area contributed by atoms with Gasteiger partial charge < -0.3 is 5.11 Å². The average Bonchev–Trinajstić information content (AvgIpc) is 2.69. The van der Waals surface area contributed by atoms with Gasteiger partial charge in [0.15, 0.2) is 0 Å². The quantitative estimate of drug-likeness (QED) is 0.412. The van der Waals surface area contributed by atoms with Gasteiger partial charge in [0.1, 0.15) is 0 Å². The lowest BCUT2D eigenvalue weighted by molar-refractivity contribution is -0.263. The topological polar surface area (TPSA) is 20.2 Å². The number of fused-ring (bicyclic) bond motifs is 7. The minimum absolute atomic E-state index is 0.0781. The minimum atomic E-state index is -0.0781. The second kappa shape index (κ2) is 6.55. The van der Waals surface area contributed by atoms with Gasteiger partial charge in [0.2, 0.25) is 0 Å². The van der Waals surface area contributed by atoms with Crippen molar-refractivity contribution in [2.24, 2.45) is 56.2 Å². The molecular formula is C30H52O. The first-order chi connectivity index (χ1) is 14.2. The van der Waals surface area contributed by atoms with Crippen molar-refractivity contribution in [3.63, 3.8) is 0 Å². The first kappa shape index (κ1) is 22.7. The van der Waals surface area contributed by atoms with E-state index in [1.165, 1.54) is 64.2 Å². The Hall–Kier alpha value is -0.0400. The Balaban J connectivity index is 1.54. The lowest BCUT2D eigenvalue weighted by Gasteiger charge is -2.75. The van der Waals surface area contributed by atoms with Gasteiger partial charge in [-0.05, 0) is 127 Å². The van der Waals surface area contributed by atoms with Gasteiger partial charge in [0.25, 0.3) is 0 Å². The summed E-state index contributed by atoms with van der Waals surface area (Å²) in [5.74, 6) is 3.02. The van der Waals surface area contributed by atoms with E-state index in [0.29, 0.717) is 38.4 Å². The van der Waals surface area contributed by atoms with E-state index in [2.05, 4.69) is 55.4 Å². The molecule has 5 fully saturated rings. The molecule has 0 aromatic carbocycles. The Morgan fingerprint density at radius 1 is 0.581 bits per heavy atom. The van der Waals surface area contributed by atoms with E-state index in [1.807, 2.05) is 0 Å². The van der Waals surface area contributed by atoms with E-state index in [1.54, 1.807) is 0 Å². The summed E-state index contributed by atoms with van der Waals surface area (Å²) in [6, 6.07) is 0. The van der Waals surface area contributed by atoms with Crippen molar-refractivity contribution in [2.45, 2.75) is 132 Å². The van der Waals surface area contributed by atoms with Crippen LogP contribution in [0.5, 0.6) is 0 Å². The first-order valence-corrected chi connectivity index (χ1v) is 13.9. The second-order valence-electron chi connectivity index (χ2n) is 15.5. The van der Waals surface area contributed by atoms with Gasteiger partial charge in [-0.15, -0.1) is 0 Å². The fourth-order valence-electron chi connectivity index (χ4n) is 11.4. The van der Waals surface area contributed by atoms with Gasteiger partial charge in [-0.3, -0.25) is 0 Å². The van der Waals surface area contributed by atoms with Crippen molar-refractivity contribution >= 4 is 0 Å². The van der Waals surface area contributed by atoms with Gasteiger partial charge in [0, 0.05) is 0 Å². The number of hydrogen-bond acceptors (Lipinski definition) is 1. The molecule has 0 saturated heterocycles. The summed E-state index contributed by atoms with van der Waals surface area (Å²) in [6.07, 6.45) is 15.1. The Bertz CT molecular complexity index is 741. The fraction of sp³-hybridized carbons (Fsp3) is 1.00. The van der Waals surface area contributed by atoms with Crippen molar-refractivity contribution < 1.29 is 5.11 Å². The molecule has 5 rings (SSSR count). The summed E-state index contributed by atoms with van der Waals surface area (Å²) in [4.78, 5) is 0. The zero-order valence-electron chi connectivity index (χ0n) is 22.1. The van der Waals surface area contributed by atoms with Gasteiger partial charge in [-0.2, -0.15) is 0 Å². The molecule has 0 heterocycles. The summed E-state index contributed by atoms with van der Waals surface area (Å²) >= 11 is 0. The molecule has 0 radical (unpaired) electrons. The van der Waals surface area contributed by atoms with Gasteiger partial charge in [-0.1, -0.05) is 55.4 Å². The van der Waals surface area contributed by atoms with Crippen molar-refractivity contribution in [1.82, 2.24) is 0 Å². The summed E-state index contributed by atoms with van der Waals surface area (Å²) in [5.41, 5.74) is 2.88. The van der Waals surface area contributed by atoms with Crippen LogP contribution in [0.15, 0.2) is 0 Å². The Morgan fingerprint density at radius 2 is 1.19 bits per heavy atom. The molecule has 0 spiro atoms. The van der Waals surface area contributed by atoms with E-state index in [-0.39, 0.29) is 6.10 Å². The SMILES string of the molecule is C[C@@H]1[C@H](O)CC[C@@H]2[C@]1(C)CC[C@@H]1[C@]2(C)CC[C@]2(C)[C@@H]3CC(C)(C)CC[C@]3(C)CC[C@@]12C. The van der Waals surface area contributed by atoms with E-state index in [0.717, 1.165) is 24.2 Å². The maximum Gasteiger partial charge on any atom is 0.0571 e. The van der Waals surface area contributed by atoms with Crippen LogP contribution in [0.25, 0.3) is 0 Å². The van der Waals surface area contributed by atoms with Crippen molar-refractivity contribution in [1.29, 1.82) is 0 Å². The fourth-order valence-corrected chi connectivity index (χ4v) is 11.4. The zero-order chi connectivity index (χ0) is 22.7. The normalized spacial score (nSPS) is 60.9. The summed E-state index contributed by atoms with van der Waals surface area (Å²) < 4.78 is 0. The summed E-state index contributed by atoms with van der Waals surface area (Å²) in [6.45, 7) is 20.9. The van der Waals surface area contributed by atoms with Crippen LogP contribution in [0.2, 0.25) is 0 Å². The van der Waals surface area contributed by atoms with Crippen LogP contribution in [0, 0.1) is 56.2 Å². The molecule has 1 nitrogen and oxygen atoms in total. The number of aliphatic hydroxyl groups is 1. The monoisotopic (exact) mass is 428 g/mol. The predicted octanol–water partition coefficient (Wildman–Crippen LogP) is 8.25. The largest absolute Gasteiger partial charge is 0.393 e. The van der Waals surface area contributed by atoms with E-state index in [9.17, 15) is 5.11 Å². The maximum atomic E-state index is 10.7. The van der Waals surface area contributed by atoms with Crippen LogP contribution in [0.3, 0.4) is 0 Å². The number of rotatable bonds is 0. The smallest absolute Gasteiger partial charge is 0.0571 e. The molecule has 0 aromatic rings. The highest BCUT2D eigenvalue weighted by atomic mass is 16.3. The maximum absolute atomic E-state index is 10.7. The molecule has 0 aromatic heterocycles. The molecule has 0 bridgehead atoms. The van der Waals surface area contributed by atoms with Gasteiger partial charge in [0.05, 0.1) is 6.10 Å². The van der Waals surface area contributed by atoms with Crippen molar-refractivity contribution in [3.8, 4) is 0 Å². The van der Waals surface area contributed by atoms with Crippen LogP contribution >= 0.6 is 0 Å². The van der Waals surface area contributed by atoms with Crippen LogP contribution in [0.1, 0.15) is 126 Å². The Morgan fingerprint density at radius 3 is 1.90 bits per heavy atom. The highest BCUT2D eigenvalue weighted by Gasteiger charge is 2.70. The second-order valence-corrected chi connectivity index (χ2v) is 15.5. The lowest BCUT2D eigenvalue weighted by Crippen LogP contribution is -2.67. The molecule has 0 unspecified atom stereocenters. The van der Waals surface area contributed by atoms with Crippen LogP contribution < -0.4 is 0 Å². The summed E-state index contributed by atoms with van der Waals surface area (Å²) in [7, 11) is 0. The third-order valence-corrected chi connectivity index (χ3v) is 13.9. The van der Waals surface area contributed by atoms with E-state index < -0.39 is 0 Å². The molecular weight excluding hydrogens is 376 g/mol. The predicted molar refractivity (Wildman–Crippen MR) is 131 cm³/mol. The number of aliphatic hydroxyl groups excluding tert-OH is 1. The Kier molecular flexibility index (Phi) is 4.80. The molecule has 0 aliphatic heterocycles. The van der Waals surface area contributed by atoms with Crippen LogP contribution in [0.4, 0.5) is 0 Å². The van der Waals surface area contributed by atoms with Crippen molar-refractivity contribution in [3.05, 3.63) is 0 Å². The molecule has 178 valence electrons. The number of hydrogen-bond donors (Lipinski definition) is 1. The highest BCUT2D eigenvalue weighted by Crippen LogP contribution is 2.78. The molecule has 1 N–H and O–H groups in total. The molecule has 1 heteroatoms. The van der Waals surface area contributed by atoms with Gasteiger partial charge >= 0.3 is 0 Å². The third-order valence-electron chi connectivity index (χ3n) is 13.9. The molecule has 0 amide bonds. The molecule has 10 atom stereocenters. The Labute approximate surface area is 193 Å². The molecule has 5 saturated carbocycles. The van der Waals surface area contributed by atoms with E-state index in [4.69, 9.17) is 0 Å². The zero-order valence-corrected chi connectivity index (χ0v) is 22.1. The van der Waals surface area contributed by atoms with E-state index >= 15 is 0 Å². The van der Waals surface area contributed by atoms with Crippen LogP contribution in [-0.2, 0) is 0 Å². The molecule has 31 heavy (non-hydrogen) atoms. The van der Waals surface area contributed by atoms with Crippen LogP contribution in [-0.4, -0.2) is 11.2 Å². The lowest BCUT2D eigenvalue weighted by atomic mass is 9.30. The highest BCUT2D eigenvalue weighted by molar-refractivity contribution is 5.19. The average molecular weight is 429 g/mol.